The zero-order valence-electron chi connectivity index (χ0n) is 15.5. The lowest BCUT2D eigenvalue weighted by molar-refractivity contribution is -0.151. The first-order chi connectivity index (χ1) is 12.0. The van der Waals surface area contributed by atoms with Crippen LogP contribution in [-0.4, -0.2) is 32.2 Å². The van der Waals surface area contributed by atoms with Gasteiger partial charge in [-0.2, -0.15) is 0 Å². The van der Waals surface area contributed by atoms with Crippen molar-refractivity contribution < 1.29 is 14.6 Å². The van der Waals surface area contributed by atoms with E-state index in [4.69, 9.17) is 4.74 Å². The van der Waals surface area contributed by atoms with Crippen LogP contribution < -0.4 is 0 Å². The van der Waals surface area contributed by atoms with Gasteiger partial charge in [-0.05, 0) is 38.5 Å². The first kappa shape index (κ1) is 19.6. The number of cyclic esters (lactones) is 1. The summed E-state index contributed by atoms with van der Waals surface area (Å²) in [5, 5.41) is 17.6. The van der Waals surface area contributed by atoms with Gasteiger partial charge >= 0.3 is 5.97 Å². The van der Waals surface area contributed by atoms with Crippen molar-refractivity contribution in [3.8, 4) is 0 Å². The van der Waals surface area contributed by atoms with Crippen molar-refractivity contribution in [3.05, 3.63) is 30.5 Å². The van der Waals surface area contributed by atoms with Crippen molar-refractivity contribution in [2.75, 3.05) is 0 Å². The molecule has 139 valence electrons. The summed E-state index contributed by atoms with van der Waals surface area (Å²) in [7, 11) is 0. The molecule has 1 aromatic heterocycles. The largest absolute Gasteiger partial charge is 0.462 e. The second-order valence-corrected chi connectivity index (χ2v) is 7.10. The number of aliphatic hydroxyl groups excluding tert-OH is 1. The summed E-state index contributed by atoms with van der Waals surface area (Å²) in [5.74, 6) is 0.510. The van der Waals surface area contributed by atoms with Crippen LogP contribution in [0.15, 0.2) is 18.3 Å². The summed E-state index contributed by atoms with van der Waals surface area (Å²) in [5.41, 5.74) is 0.549. The molecule has 0 saturated heterocycles. The molecule has 0 spiro atoms. The molecule has 1 aliphatic heterocycles. The molecule has 2 heterocycles. The van der Waals surface area contributed by atoms with Crippen molar-refractivity contribution in [2.45, 2.75) is 71.6 Å². The predicted molar refractivity (Wildman–Crippen MR) is 95.4 cm³/mol. The molecule has 1 N–H and O–H groups in total. The summed E-state index contributed by atoms with van der Waals surface area (Å²) in [6.07, 6.45) is 11.5. The number of rotatable bonds is 4. The summed E-state index contributed by atoms with van der Waals surface area (Å²) >= 11 is 0. The maximum atomic E-state index is 12.1. The van der Waals surface area contributed by atoms with Gasteiger partial charge in [-0.25, -0.2) is 0 Å². The first-order valence-corrected chi connectivity index (χ1v) is 9.21. The van der Waals surface area contributed by atoms with Crippen molar-refractivity contribution in [3.63, 3.8) is 0 Å². The Labute approximate surface area is 150 Å². The Balaban J connectivity index is 2.00. The molecular formula is C19H30N3O3. The predicted octanol–water partition coefficient (Wildman–Crippen LogP) is 3.24. The highest BCUT2D eigenvalue weighted by Crippen LogP contribution is 2.20. The molecule has 1 radical (unpaired) electrons. The average molecular weight is 348 g/mol. The fourth-order valence-electron chi connectivity index (χ4n) is 2.92. The Hall–Kier alpha value is -1.69. The van der Waals surface area contributed by atoms with E-state index < -0.39 is 6.10 Å². The van der Waals surface area contributed by atoms with Crippen LogP contribution in [0.25, 0.3) is 0 Å². The molecule has 0 fully saturated rings. The van der Waals surface area contributed by atoms with Crippen LogP contribution in [0.1, 0.15) is 64.7 Å². The maximum absolute atomic E-state index is 12.1. The van der Waals surface area contributed by atoms with Crippen LogP contribution in [0.5, 0.6) is 0 Å². The lowest BCUT2D eigenvalue weighted by atomic mass is 9.97. The van der Waals surface area contributed by atoms with E-state index in [2.05, 4.69) is 42.7 Å². The summed E-state index contributed by atoms with van der Waals surface area (Å²) in [6.45, 7) is 6.52. The van der Waals surface area contributed by atoms with E-state index in [0.717, 1.165) is 19.3 Å². The van der Waals surface area contributed by atoms with Gasteiger partial charge in [-0.1, -0.05) is 31.2 Å². The van der Waals surface area contributed by atoms with Crippen LogP contribution >= 0.6 is 0 Å². The van der Waals surface area contributed by atoms with Gasteiger partial charge in [0.25, 0.3) is 0 Å². The Bertz CT molecular complexity index is 568. The lowest BCUT2D eigenvalue weighted by Gasteiger charge is -2.23. The Morgan fingerprint density at radius 3 is 2.84 bits per heavy atom. The van der Waals surface area contributed by atoms with Gasteiger partial charge in [0.2, 0.25) is 0 Å². The van der Waals surface area contributed by atoms with Gasteiger partial charge < -0.3 is 9.84 Å². The van der Waals surface area contributed by atoms with E-state index in [1.165, 1.54) is 0 Å². The molecule has 0 aromatic carbocycles. The third kappa shape index (κ3) is 6.61. The molecule has 0 bridgehead atoms. The minimum atomic E-state index is -0.634. The zero-order valence-corrected chi connectivity index (χ0v) is 15.5. The molecule has 0 saturated carbocycles. The fraction of sp³-hybridized carbons (Fsp3) is 0.684. The molecule has 25 heavy (non-hydrogen) atoms. The number of aliphatic hydroxyl groups is 1. The molecule has 2 rings (SSSR count). The summed E-state index contributed by atoms with van der Waals surface area (Å²) < 4.78 is 7.43. The highest BCUT2D eigenvalue weighted by molar-refractivity contribution is 5.69. The molecule has 0 unspecified atom stereocenters. The third-order valence-corrected chi connectivity index (χ3v) is 4.57. The SMILES string of the molecule is C[C@H](O)c1cn(C[C@H](C)[C@H]2C/C=C/C[C@@H](C)[CH]CCCC(=O)O2)nn1. The Kier molecular flexibility index (Phi) is 7.62. The van der Waals surface area contributed by atoms with Crippen LogP contribution in [-0.2, 0) is 16.1 Å². The zero-order chi connectivity index (χ0) is 18.2. The molecule has 6 nitrogen and oxygen atoms in total. The van der Waals surface area contributed by atoms with Gasteiger partial charge in [-0.15, -0.1) is 5.10 Å². The second-order valence-electron chi connectivity index (χ2n) is 7.10. The highest BCUT2D eigenvalue weighted by Gasteiger charge is 2.22. The number of carbonyl (C=O) groups is 1. The topological polar surface area (TPSA) is 77.2 Å². The number of allylic oxidation sites excluding steroid dienone is 1. The second kappa shape index (κ2) is 9.70. The van der Waals surface area contributed by atoms with Crippen LogP contribution in [0.4, 0.5) is 0 Å². The third-order valence-electron chi connectivity index (χ3n) is 4.57. The van der Waals surface area contributed by atoms with Crippen molar-refractivity contribution in [1.82, 2.24) is 15.0 Å². The van der Waals surface area contributed by atoms with E-state index in [1.54, 1.807) is 17.8 Å². The summed E-state index contributed by atoms with van der Waals surface area (Å²) in [6, 6.07) is 0. The van der Waals surface area contributed by atoms with Crippen LogP contribution in [0.3, 0.4) is 0 Å². The van der Waals surface area contributed by atoms with Crippen LogP contribution in [0.2, 0.25) is 0 Å². The number of carbonyl (C=O) groups excluding carboxylic acids is 1. The van der Waals surface area contributed by atoms with Crippen molar-refractivity contribution in [2.24, 2.45) is 11.8 Å². The average Bonchev–Trinajstić information content (AvgIpc) is 3.02. The first-order valence-electron chi connectivity index (χ1n) is 9.21. The Morgan fingerprint density at radius 2 is 2.12 bits per heavy atom. The normalized spacial score (nSPS) is 26.8. The number of ether oxygens (including phenoxy) is 1. The highest BCUT2D eigenvalue weighted by atomic mass is 16.5. The number of esters is 1. The van der Waals surface area contributed by atoms with Gasteiger partial charge in [0, 0.05) is 25.3 Å². The standard InChI is InChI=1S/C19H30N3O3/c1-14-8-4-6-10-18(25-19(24)11-7-5-9-14)15(2)12-22-13-17(16(3)23)20-21-22/h4,6,9,13-16,18,23H,5,7-8,10-12H2,1-3H3/b6-4+/t14-,15+,16+,18-/m1/s1. The van der Waals surface area contributed by atoms with E-state index in [1.807, 2.05) is 0 Å². The van der Waals surface area contributed by atoms with Gasteiger partial charge in [-0.3, -0.25) is 9.48 Å². The molecule has 1 aliphatic rings. The van der Waals surface area contributed by atoms with E-state index in [-0.39, 0.29) is 18.0 Å². The summed E-state index contributed by atoms with van der Waals surface area (Å²) in [4.78, 5) is 12.1. The fourth-order valence-corrected chi connectivity index (χ4v) is 2.92. The van der Waals surface area contributed by atoms with Gasteiger partial charge in [0.05, 0.1) is 12.3 Å². The lowest BCUT2D eigenvalue weighted by Crippen LogP contribution is -2.28. The van der Waals surface area contributed by atoms with E-state index in [9.17, 15) is 9.90 Å². The molecule has 0 aliphatic carbocycles. The minimum Gasteiger partial charge on any atom is -0.462 e. The maximum Gasteiger partial charge on any atom is 0.306 e. The molecule has 1 aromatic rings. The number of aromatic nitrogens is 3. The number of hydrogen-bond donors (Lipinski definition) is 1. The van der Waals surface area contributed by atoms with Gasteiger partial charge in [0.15, 0.2) is 0 Å². The number of hydrogen-bond acceptors (Lipinski definition) is 5. The smallest absolute Gasteiger partial charge is 0.306 e. The molecular weight excluding hydrogens is 318 g/mol. The van der Waals surface area contributed by atoms with E-state index >= 15 is 0 Å². The van der Waals surface area contributed by atoms with Crippen LogP contribution in [0, 0.1) is 18.3 Å². The minimum absolute atomic E-state index is 0.101. The van der Waals surface area contributed by atoms with E-state index in [0.29, 0.717) is 31.0 Å². The Morgan fingerprint density at radius 1 is 1.36 bits per heavy atom. The quantitative estimate of drug-likeness (QED) is 0.668. The molecule has 6 heteroatoms. The monoisotopic (exact) mass is 348 g/mol. The van der Waals surface area contributed by atoms with Crippen molar-refractivity contribution in [1.29, 1.82) is 0 Å². The molecule has 4 atom stereocenters. The van der Waals surface area contributed by atoms with Crippen molar-refractivity contribution >= 4 is 5.97 Å². The molecule has 0 amide bonds. The number of nitrogens with zero attached hydrogens (tertiary/aromatic N) is 3. The van der Waals surface area contributed by atoms with Gasteiger partial charge in [0.1, 0.15) is 11.8 Å².